The zero-order chi connectivity index (χ0) is 25.8. The van der Waals surface area contributed by atoms with Gasteiger partial charge in [-0.05, 0) is 0 Å². The minimum Gasteiger partial charge on any atom is -0.477 e. The topological polar surface area (TPSA) is 152 Å². The summed E-state index contributed by atoms with van der Waals surface area (Å²) in [6.07, 6.45) is 0.483. The first-order chi connectivity index (χ1) is 16.6. The Morgan fingerprint density at radius 3 is 2.46 bits per heavy atom. The maximum atomic E-state index is 13.1. The number of nitrogens with one attached hydrogen (secondary N) is 1. The van der Waals surface area contributed by atoms with Crippen molar-refractivity contribution in [2.24, 2.45) is 5.16 Å². The van der Waals surface area contributed by atoms with E-state index in [2.05, 4.69) is 10.5 Å². The highest BCUT2D eigenvalue weighted by molar-refractivity contribution is 8.00. The minimum atomic E-state index is -3.05. The van der Waals surface area contributed by atoms with Gasteiger partial charge in [-0.3, -0.25) is 23.8 Å². The lowest BCUT2D eigenvalue weighted by molar-refractivity contribution is -0.150. The van der Waals surface area contributed by atoms with E-state index in [4.69, 9.17) is 9.36 Å². The number of β-lactam (4-membered cyclic amide) rings is 1. The van der Waals surface area contributed by atoms with E-state index in [1.165, 1.54) is 18.7 Å². The number of carboxylic acids is 1. The number of aliphatic carboxylic acids is 1. The second kappa shape index (κ2) is 11.1. The van der Waals surface area contributed by atoms with Crippen molar-refractivity contribution in [2.45, 2.75) is 32.2 Å². The lowest BCUT2D eigenvalue weighted by atomic mass is 10.0. The van der Waals surface area contributed by atoms with Gasteiger partial charge in [-0.15, -0.1) is 11.8 Å². The second-order valence-corrected chi connectivity index (χ2v) is 11.9. The predicted molar refractivity (Wildman–Crippen MR) is 129 cm³/mol. The van der Waals surface area contributed by atoms with Gasteiger partial charge in [0.05, 0.1) is 0 Å². The first-order valence-electron chi connectivity index (χ1n) is 10.9. The maximum Gasteiger partial charge on any atom is 0.352 e. The molecule has 2 N–H and O–H groups in total. The second-order valence-electron chi connectivity index (χ2n) is 7.73. The van der Waals surface area contributed by atoms with Gasteiger partial charge in [0.25, 0.3) is 19.2 Å². The Hall–Kier alpha value is -3.11. The number of fused-ring (bicyclic) bond motifs is 1. The minimum absolute atomic E-state index is 0.149. The summed E-state index contributed by atoms with van der Waals surface area (Å²) in [5, 5.41) is 15.5. The van der Waals surface area contributed by atoms with E-state index < -0.39 is 42.5 Å². The molecular weight excluding hydrogens is 497 g/mol. The molecule has 35 heavy (non-hydrogen) atoms. The van der Waals surface area contributed by atoms with Gasteiger partial charge in [0.2, 0.25) is 0 Å². The number of hydrogen-bond acceptors (Lipinski definition) is 9. The van der Waals surface area contributed by atoms with Crippen LogP contribution < -0.4 is 5.32 Å². The quantitative estimate of drug-likeness (QED) is 0.154. The average molecular weight is 524 g/mol. The zero-order valence-electron chi connectivity index (χ0n) is 19.4. The van der Waals surface area contributed by atoms with Gasteiger partial charge >= 0.3 is 11.9 Å². The summed E-state index contributed by atoms with van der Waals surface area (Å²) in [4.78, 5) is 50.1. The molecule has 1 fully saturated rings. The third-order valence-corrected chi connectivity index (χ3v) is 9.14. The Labute approximate surface area is 206 Å². The molecule has 1 aromatic rings. The smallest absolute Gasteiger partial charge is 0.352 e. The van der Waals surface area contributed by atoms with Gasteiger partial charge in [0.1, 0.15) is 23.7 Å². The van der Waals surface area contributed by atoms with E-state index in [9.17, 15) is 28.8 Å². The molecule has 2 heterocycles. The standard InChI is InChI=1S/C22H26N3O8PS/c1-4-34(31,5-2)33-24-16(14-9-7-6-8-10-14)19(27)23-17-20(28)25-18(22(29)30)15(11-32-13(3)26)12-35-21(17)25/h6-10,17,21H,4-5,11-12H2,1-3H3,(H,23,27)(H,29,30)/t17-,21+/m0/s1. The molecule has 2 atom stereocenters. The Morgan fingerprint density at radius 1 is 1.23 bits per heavy atom. The largest absolute Gasteiger partial charge is 0.477 e. The summed E-state index contributed by atoms with van der Waals surface area (Å²) in [5.74, 6) is -3.03. The molecule has 0 aliphatic carbocycles. The monoisotopic (exact) mass is 523 g/mol. The highest BCUT2D eigenvalue weighted by Gasteiger charge is 2.54. The summed E-state index contributed by atoms with van der Waals surface area (Å²) in [5.41, 5.74) is 0.294. The highest BCUT2D eigenvalue weighted by Crippen LogP contribution is 2.46. The Balaban J connectivity index is 1.82. The van der Waals surface area contributed by atoms with Gasteiger partial charge in [-0.2, -0.15) is 0 Å². The summed E-state index contributed by atoms with van der Waals surface area (Å²) < 4.78 is 22.9. The Bertz CT molecular complexity index is 1130. The first kappa shape index (κ1) is 26.5. The van der Waals surface area contributed by atoms with Crippen LogP contribution in [0.1, 0.15) is 26.3 Å². The van der Waals surface area contributed by atoms with Crippen LogP contribution in [0.15, 0.2) is 46.8 Å². The number of esters is 1. The SMILES string of the molecule is CCP(=O)(CC)ON=C(C(=O)N[C@H]1C(=O)N2C(C(=O)O)=C(COC(C)=O)CS[C@H]12)c1ccccc1. The predicted octanol–water partition coefficient (Wildman–Crippen LogP) is 2.03. The lowest BCUT2D eigenvalue weighted by Gasteiger charge is -2.49. The Kier molecular flexibility index (Phi) is 8.39. The number of benzene rings is 1. The molecule has 13 heteroatoms. The van der Waals surface area contributed by atoms with Gasteiger partial charge in [0, 0.05) is 36.1 Å². The van der Waals surface area contributed by atoms with Crippen LogP contribution in [0.25, 0.3) is 0 Å². The number of rotatable bonds is 10. The molecule has 188 valence electrons. The summed E-state index contributed by atoms with van der Waals surface area (Å²) in [6, 6.07) is 7.39. The van der Waals surface area contributed by atoms with Gasteiger partial charge < -0.3 is 19.8 Å². The van der Waals surface area contributed by atoms with E-state index in [0.29, 0.717) is 11.1 Å². The van der Waals surface area contributed by atoms with Crippen molar-refractivity contribution < 1.29 is 38.2 Å². The van der Waals surface area contributed by atoms with Crippen molar-refractivity contribution in [1.82, 2.24) is 10.2 Å². The van der Waals surface area contributed by atoms with Gasteiger partial charge in [-0.1, -0.05) is 49.3 Å². The summed E-state index contributed by atoms with van der Waals surface area (Å²) >= 11 is 1.24. The van der Waals surface area contributed by atoms with Crippen LogP contribution in [0.5, 0.6) is 0 Å². The van der Waals surface area contributed by atoms with Crippen LogP contribution in [0.4, 0.5) is 0 Å². The van der Waals surface area contributed by atoms with E-state index in [1.54, 1.807) is 44.2 Å². The van der Waals surface area contributed by atoms with Crippen molar-refractivity contribution in [2.75, 3.05) is 24.7 Å². The number of hydrogen-bond donors (Lipinski definition) is 2. The molecule has 11 nitrogen and oxygen atoms in total. The number of oxime groups is 1. The average Bonchev–Trinajstić information content (AvgIpc) is 2.85. The van der Waals surface area contributed by atoms with E-state index in [1.807, 2.05) is 0 Å². The molecule has 0 unspecified atom stereocenters. The molecule has 3 rings (SSSR count). The van der Waals surface area contributed by atoms with Gasteiger partial charge in [0.15, 0.2) is 5.71 Å². The maximum absolute atomic E-state index is 13.1. The van der Waals surface area contributed by atoms with E-state index >= 15 is 0 Å². The van der Waals surface area contributed by atoms with Crippen molar-refractivity contribution in [3.8, 4) is 0 Å². The highest BCUT2D eigenvalue weighted by atomic mass is 32.2. The molecule has 1 aromatic carbocycles. The van der Waals surface area contributed by atoms with E-state index in [0.717, 1.165) is 4.90 Å². The molecule has 0 aromatic heterocycles. The lowest BCUT2D eigenvalue weighted by Crippen LogP contribution is -2.71. The summed E-state index contributed by atoms with van der Waals surface area (Å²) in [7, 11) is -3.05. The van der Waals surface area contributed by atoms with Crippen molar-refractivity contribution in [3.63, 3.8) is 0 Å². The fourth-order valence-electron chi connectivity index (χ4n) is 3.47. The summed E-state index contributed by atoms with van der Waals surface area (Å²) in [6.45, 7) is 4.37. The zero-order valence-corrected chi connectivity index (χ0v) is 21.1. The third-order valence-electron chi connectivity index (χ3n) is 5.49. The number of carbonyl (C=O) groups is 4. The van der Waals surface area contributed by atoms with Crippen LogP contribution in [-0.4, -0.2) is 75.6 Å². The first-order valence-corrected chi connectivity index (χ1v) is 13.9. The number of thioether (sulfide) groups is 1. The van der Waals surface area contributed by atoms with Crippen LogP contribution in [0, 0.1) is 0 Å². The number of amides is 2. The number of carboxylic acid groups (broad SMARTS) is 1. The fraction of sp³-hybridized carbons (Fsp3) is 0.409. The van der Waals surface area contributed by atoms with Crippen molar-refractivity contribution >= 4 is 48.6 Å². The molecule has 2 amide bonds. The molecule has 1 saturated heterocycles. The molecular formula is C22H26N3O8PS. The van der Waals surface area contributed by atoms with E-state index in [-0.39, 0.29) is 36.1 Å². The van der Waals surface area contributed by atoms with Gasteiger partial charge in [-0.25, -0.2) is 4.79 Å². The normalized spacial score (nSPS) is 20.0. The van der Waals surface area contributed by atoms with Crippen LogP contribution in [0.3, 0.4) is 0 Å². The molecule has 2 aliphatic heterocycles. The van der Waals surface area contributed by atoms with Crippen LogP contribution in [-0.2, 0) is 33.1 Å². The fourth-order valence-corrected chi connectivity index (χ4v) is 5.70. The molecule has 0 saturated carbocycles. The number of nitrogens with zero attached hydrogens (tertiary/aromatic N) is 2. The number of carbonyl (C=O) groups excluding carboxylic acids is 3. The third kappa shape index (κ3) is 5.76. The van der Waals surface area contributed by atoms with Crippen LogP contribution >= 0.6 is 19.1 Å². The molecule has 2 aliphatic rings. The molecule has 0 bridgehead atoms. The van der Waals surface area contributed by atoms with Crippen LogP contribution in [0.2, 0.25) is 0 Å². The number of ether oxygens (including phenoxy) is 1. The van der Waals surface area contributed by atoms with Crippen molar-refractivity contribution in [3.05, 3.63) is 47.2 Å². The molecule has 0 radical (unpaired) electrons. The van der Waals surface area contributed by atoms with Crippen molar-refractivity contribution in [1.29, 1.82) is 0 Å². The Morgan fingerprint density at radius 2 is 1.89 bits per heavy atom. The molecule has 0 spiro atoms.